The van der Waals surface area contributed by atoms with Crippen molar-refractivity contribution in [2.24, 2.45) is 13.0 Å². The number of nitrogens with zero attached hydrogens (tertiary/aromatic N) is 3. The Balaban J connectivity index is 2.73. The van der Waals surface area contributed by atoms with E-state index in [0.717, 1.165) is 12.8 Å². The first-order chi connectivity index (χ1) is 7.58. The number of nitrogens with one attached hydrogen (secondary N) is 1. The molecule has 0 spiro atoms. The highest BCUT2D eigenvalue weighted by Crippen LogP contribution is 2.13. The highest BCUT2D eigenvalue weighted by molar-refractivity contribution is 5.92. The molecule has 0 aliphatic carbocycles. The molecule has 0 aliphatic heterocycles. The Hall–Kier alpha value is -1.83. The van der Waals surface area contributed by atoms with Gasteiger partial charge < -0.3 is 5.32 Å². The molecule has 1 N–H and O–H groups in total. The number of aryl methyl sites for hydroxylation is 1. The molecule has 0 fully saturated rings. The third kappa shape index (κ3) is 2.83. The predicted octanol–water partition coefficient (Wildman–Crippen LogP) is 1.67. The fraction of sp³-hybridized carbons (Fsp3) is 0.545. The van der Waals surface area contributed by atoms with Crippen molar-refractivity contribution < 1.29 is 4.79 Å². The molecule has 16 heavy (non-hydrogen) atoms. The van der Waals surface area contributed by atoms with Gasteiger partial charge in [0, 0.05) is 19.2 Å². The third-order valence-corrected chi connectivity index (χ3v) is 2.36. The van der Waals surface area contributed by atoms with Gasteiger partial charge in [-0.15, -0.1) is 0 Å². The molecule has 1 heterocycles. The quantitative estimate of drug-likeness (QED) is 0.838. The van der Waals surface area contributed by atoms with E-state index in [1.807, 2.05) is 19.9 Å². The van der Waals surface area contributed by atoms with Crippen LogP contribution in [0.1, 0.15) is 32.3 Å². The van der Waals surface area contributed by atoms with Crippen molar-refractivity contribution >= 4 is 11.7 Å². The van der Waals surface area contributed by atoms with Gasteiger partial charge in [-0.05, 0) is 6.42 Å². The number of nitriles is 1. The predicted molar refractivity (Wildman–Crippen MR) is 60.6 cm³/mol. The molecular weight excluding hydrogens is 204 g/mol. The first kappa shape index (κ1) is 12.2. The summed E-state index contributed by atoms with van der Waals surface area (Å²) < 4.78 is 1.51. The Kier molecular flexibility index (Phi) is 4.06. The number of hydrogen-bond acceptors (Lipinski definition) is 3. The summed E-state index contributed by atoms with van der Waals surface area (Å²) in [4.78, 5) is 11.7. The zero-order chi connectivity index (χ0) is 12.1. The van der Waals surface area contributed by atoms with Crippen LogP contribution in [0.25, 0.3) is 0 Å². The van der Waals surface area contributed by atoms with E-state index in [-0.39, 0.29) is 11.8 Å². The largest absolute Gasteiger partial charge is 0.308 e. The minimum absolute atomic E-state index is 0.0569. The molecule has 0 radical (unpaired) electrons. The molecule has 5 nitrogen and oxygen atoms in total. The fourth-order valence-electron chi connectivity index (χ4n) is 1.47. The molecule has 0 bridgehead atoms. The molecule has 5 heteroatoms. The minimum atomic E-state index is -0.0861. The van der Waals surface area contributed by atoms with Gasteiger partial charge >= 0.3 is 0 Å². The molecule has 1 aromatic heterocycles. The summed E-state index contributed by atoms with van der Waals surface area (Å²) in [6, 6.07) is 1.99. The van der Waals surface area contributed by atoms with E-state index >= 15 is 0 Å². The van der Waals surface area contributed by atoms with Gasteiger partial charge in [-0.3, -0.25) is 9.48 Å². The number of anilines is 1. The molecule has 1 unspecified atom stereocenters. The van der Waals surface area contributed by atoms with Crippen LogP contribution in [0, 0.1) is 17.2 Å². The number of rotatable bonds is 4. The molecule has 0 aromatic carbocycles. The van der Waals surface area contributed by atoms with E-state index in [2.05, 4.69) is 10.4 Å². The van der Waals surface area contributed by atoms with Crippen molar-refractivity contribution in [1.29, 1.82) is 5.26 Å². The van der Waals surface area contributed by atoms with Crippen LogP contribution in [-0.2, 0) is 11.8 Å². The highest BCUT2D eigenvalue weighted by Gasteiger charge is 2.15. The van der Waals surface area contributed by atoms with Crippen molar-refractivity contribution in [2.75, 3.05) is 5.32 Å². The van der Waals surface area contributed by atoms with Crippen LogP contribution in [0.3, 0.4) is 0 Å². The Morgan fingerprint density at radius 1 is 1.75 bits per heavy atom. The van der Waals surface area contributed by atoms with Gasteiger partial charge in [-0.1, -0.05) is 20.3 Å². The number of hydrogen-bond donors (Lipinski definition) is 1. The zero-order valence-corrected chi connectivity index (χ0v) is 9.82. The zero-order valence-electron chi connectivity index (χ0n) is 9.82. The molecule has 1 amide bonds. The van der Waals surface area contributed by atoms with Crippen LogP contribution in [0.5, 0.6) is 0 Å². The molecule has 0 aliphatic rings. The number of amides is 1. The lowest BCUT2D eigenvalue weighted by molar-refractivity contribution is -0.119. The van der Waals surface area contributed by atoms with Crippen molar-refractivity contribution in [3.63, 3.8) is 0 Å². The second kappa shape index (κ2) is 5.31. The van der Waals surface area contributed by atoms with E-state index in [9.17, 15) is 4.79 Å². The topological polar surface area (TPSA) is 70.7 Å². The maximum absolute atomic E-state index is 11.7. The number of carbonyl (C=O) groups excluding carboxylic acids is 1. The fourth-order valence-corrected chi connectivity index (χ4v) is 1.47. The first-order valence-corrected chi connectivity index (χ1v) is 5.33. The third-order valence-electron chi connectivity index (χ3n) is 2.36. The number of carbonyl (C=O) groups is 1. The Morgan fingerprint density at radius 3 is 3.00 bits per heavy atom. The lowest BCUT2D eigenvalue weighted by atomic mass is 10.1. The molecule has 1 aromatic rings. The Morgan fingerprint density at radius 2 is 2.44 bits per heavy atom. The van der Waals surface area contributed by atoms with Crippen LogP contribution in [0.15, 0.2) is 6.20 Å². The van der Waals surface area contributed by atoms with Gasteiger partial charge in [0.1, 0.15) is 11.6 Å². The van der Waals surface area contributed by atoms with E-state index in [4.69, 9.17) is 5.26 Å². The van der Waals surface area contributed by atoms with E-state index < -0.39 is 0 Å². The smallest absolute Gasteiger partial charge is 0.228 e. The summed E-state index contributed by atoms with van der Waals surface area (Å²) in [5.41, 5.74) is 0.388. The summed E-state index contributed by atoms with van der Waals surface area (Å²) in [6.45, 7) is 3.90. The standard InChI is InChI=1S/C11H16N4O/c1-4-5-8(2)11(16)13-10-9(6-12)7-15(3)14-10/h7-8H,4-5H2,1-3H3,(H,13,14,16). The van der Waals surface area contributed by atoms with Crippen LogP contribution in [0.4, 0.5) is 5.82 Å². The number of aromatic nitrogens is 2. The minimum Gasteiger partial charge on any atom is -0.308 e. The highest BCUT2D eigenvalue weighted by atomic mass is 16.1. The Bertz CT molecular complexity index is 416. The molecule has 0 saturated heterocycles. The average molecular weight is 220 g/mol. The normalized spacial score (nSPS) is 11.9. The summed E-state index contributed by atoms with van der Waals surface area (Å²) >= 11 is 0. The van der Waals surface area contributed by atoms with Crippen LogP contribution < -0.4 is 5.32 Å². The van der Waals surface area contributed by atoms with Gasteiger partial charge in [-0.25, -0.2) is 0 Å². The molecule has 86 valence electrons. The van der Waals surface area contributed by atoms with E-state index in [0.29, 0.717) is 11.4 Å². The molecule has 0 saturated carbocycles. The summed E-state index contributed by atoms with van der Waals surface area (Å²) in [5, 5.41) is 15.5. The maximum Gasteiger partial charge on any atom is 0.228 e. The first-order valence-electron chi connectivity index (χ1n) is 5.33. The van der Waals surface area contributed by atoms with Crippen LogP contribution >= 0.6 is 0 Å². The Labute approximate surface area is 95.1 Å². The summed E-state index contributed by atoms with van der Waals surface area (Å²) in [6.07, 6.45) is 3.38. The SMILES string of the molecule is CCCC(C)C(=O)Nc1nn(C)cc1C#N. The van der Waals surface area contributed by atoms with Gasteiger partial charge in [-0.2, -0.15) is 10.4 Å². The van der Waals surface area contributed by atoms with Gasteiger partial charge in [0.25, 0.3) is 0 Å². The van der Waals surface area contributed by atoms with E-state index in [1.54, 1.807) is 13.2 Å². The van der Waals surface area contributed by atoms with Crippen molar-refractivity contribution in [3.05, 3.63) is 11.8 Å². The van der Waals surface area contributed by atoms with E-state index in [1.165, 1.54) is 4.68 Å². The van der Waals surface area contributed by atoms with Crippen LogP contribution in [-0.4, -0.2) is 15.7 Å². The average Bonchev–Trinajstić information content (AvgIpc) is 2.59. The lowest BCUT2D eigenvalue weighted by Crippen LogP contribution is -2.21. The van der Waals surface area contributed by atoms with Gasteiger partial charge in [0.05, 0.1) is 0 Å². The molecule has 1 atom stereocenters. The second-order valence-electron chi connectivity index (χ2n) is 3.86. The lowest BCUT2D eigenvalue weighted by Gasteiger charge is -2.09. The van der Waals surface area contributed by atoms with Crippen LogP contribution in [0.2, 0.25) is 0 Å². The monoisotopic (exact) mass is 220 g/mol. The van der Waals surface area contributed by atoms with Crippen molar-refractivity contribution in [3.8, 4) is 6.07 Å². The van der Waals surface area contributed by atoms with Gasteiger partial charge in [0.15, 0.2) is 5.82 Å². The molecular formula is C11H16N4O. The summed E-state index contributed by atoms with van der Waals surface area (Å²) in [7, 11) is 1.71. The maximum atomic E-state index is 11.7. The second-order valence-corrected chi connectivity index (χ2v) is 3.86. The van der Waals surface area contributed by atoms with Crippen molar-refractivity contribution in [2.45, 2.75) is 26.7 Å². The van der Waals surface area contributed by atoms with Crippen molar-refractivity contribution in [1.82, 2.24) is 9.78 Å². The van der Waals surface area contributed by atoms with Gasteiger partial charge in [0.2, 0.25) is 5.91 Å². The summed E-state index contributed by atoms with van der Waals surface area (Å²) in [5.74, 6) is 0.202. The molecule has 1 rings (SSSR count).